The van der Waals surface area contributed by atoms with Crippen LogP contribution in [-0.2, 0) is 9.59 Å². The number of hydrogen-bond acceptors (Lipinski definition) is 4. The van der Waals surface area contributed by atoms with E-state index in [2.05, 4.69) is 29.8 Å². The standard InChI is InChI=1S/C27H43N3O3/c1-3-4-11-19(2)28-27(33)22-16-23(29-25(31)20-12-7-5-8-13-20)18-24(17-22)30-26(32)21-14-9-6-10-15-21/h16-21,27-28,33H,3-15H2,1-2H3,(H,29,31)(H,30,32). The number of benzene rings is 1. The summed E-state index contributed by atoms with van der Waals surface area (Å²) in [5.41, 5.74) is 1.91. The van der Waals surface area contributed by atoms with E-state index in [1.165, 1.54) is 12.8 Å². The lowest BCUT2D eigenvalue weighted by Crippen LogP contribution is -2.31. The maximum absolute atomic E-state index is 12.8. The second kappa shape index (κ2) is 13.1. The first-order valence-electron chi connectivity index (χ1n) is 13.2. The lowest BCUT2D eigenvalue weighted by atomic mass is 9.88. The van der Waals surface area contributed by atoms with Crippen LogP contribution in [0.3, 0.4) is 0 Å². The van der Waals surface area contributed by atoms with Crippen LogP contribution in [0, 0.1) is 11.8 Å². The molecule has 33 heavy (non-hydrogen) atoms. The second-order valence-corrected chi connectivity index (χ2v) is 10.1. The molecule has 0 radical (unpaired) electrons. The number of amides is 2. The Hall–Kier alpha value is -1.92. The number of unbranched alkanes of at least 4 members (excludes halogenated alkanes) is 1. The van der Waals surface area contributed by atoms with Crippen LogP contribution < -0.4 is 16.0 Å². The fourth-order valence-corrected chi connectivity index (χ4v) is 5.13. The summed E-state index contributed by atoms with van der Waals surface area (Å²) in [7, 11) is 0. The maximum atomic E-state index is 12.8. The van der Waals surface area contributed by atoms with E-state index in [9.17, 15) is 14.7 Å². The summed E-state index contributed by atoms with van der Waals surface area (Å²) < 4.78 is 0. The quantitative estimate of drug-likeness (QED) is 0.330. The average molecular weight is 458 g/mol. The van der Waals surface area contributed by atoms with Crippen LogP contribution in [0.4, 0.5) is 11.4 Å². The molecule has 0 aromatic heterocycles. The zero-order valence-corrected chi connectivity index (χ0v) is 20.5. The molecule has 0 aliphatic heterocycles. The van der Waals surface area contributed by atoms with Crippen molar-refractivity contribution in [1.29, 1.82) is 0 Å². The summed E-state index contributed by atoms with van der Waals surface area (Å²) in [5.74, 6) is 0.157. The van der Waals surface area contributed by atoms with E-state index in [1.54, 1.807) is 0 Å². The Bertz CT molecular complexity index is 720. The molecule has 184 valence electrons. The third-order valence-corrected chi connectivity index (χ3v) is 7.19. The van der Waals surface area contributed by atoms with Gasteiger partial charge < -0.3 is 15.7 Å². The van der Waals surface area contributed by atoms with Crippen molar-refractivity contribution in [3.63, 3.8) is 0 Å². The smallest absolute Gasteiger partial charge is 0.227 e. The van der Waals surface area contributed by atoms with Gasteiger partial charge >= 0.3 is 0 Å². The molecule has 0 saturated heterocycles. The summed E-state index contributed by atoms with van der Waals surface area (Å²) in [6.45, 7) is 4.22. The van der Waals surface area contributed by atoms with Crippen LogP contribution >= 0.6 is 0 Å². The van der Waals surface area contributed by atoms with Crippen molar-refractivity contribution >= 4 is 23.2 Å². The number of rotatable bonds is 10. The zero-order valence-electron chi connectivity index (χ0n) is 20.5. The number of anilines is 2. The van der Waals surface area contributed by atoms with Crippen LogP contribution in [-0.4, -0.2) is 23.0 Å². The Labute approximate surface area is 199 Å². The molecule has 2 saturated carbocycles. The summed E-state index contributed by atoms with van der Waals surface area (Å²) in [6.07, 6.45) is 12.8. The Morgan fingerprint density at radius 1 is 0.879 bits per heavy atom. The predicted molar refractivity (Wildman–Crippen MR) is 134 cm³/mol. The average Bonchev–Trinajstić information content (AvgIpc) is 2.83. The van der Waals surface area contributed by atoms with Crippen LogP contribution in [0.5, 0.6) is 0 Å². The van der Waals surface area contributed by atoms with Crippen molar-refractivity contribution < 1.29 is 14.7 Å². The van der Waals surface area contributed by atoms with E-state index < -0.39 is 6.23 Å². The SMILES string of the molecule is CCCCC(C)NC(O)c1cc(NC(=O)C2CCCCC2)cc(NC(=O)C2CCCCC2)c1. The Morgan fingerprint density at radius 2 is 1.36 bits per heavy atom. The molecule has 2 atom stereocenters. The first-order chi connectivity index (χ1) is 16.0. The van der Waals surface area contributed by atoms with Gasteiger partial charge in [0, 0.05) is 29.3 Å². The molecule has 2 aliphatic carbocycles. The highest BCUT2D eigenvalue weighted by Crippen LogP contribution is 2.29. The zero-order chi connectivity index (χ0) is 23.6. The highest BCUT2D eigenvalue weighted by Gasteiger charge is 2.24. The molecular formula is C27H43N3O3. The minimum absolute atomic E-state index is 0.0372. The number of carbonyl (C=O) groups excluding carboxylic acids is 2. The van der Waals surface area contributed by atoms with Crippen molar-refractivity contribution in [1.82, 2.24) is 5.32 Å². The summed E-state index contributed by atoms with van der Waals surface area (Å²) in [6, 6.07) is 5.63. The van der Waals surface area contributed by atoms with E-state index in [4.69, 9.17) is 0 Å². The third-order valence-electron chi connectivity index (χ3n) is 7.19. The molecule has 2 fully saturated rings. The molecule has 0 heterocycles. The highest BCUT2D eigenvalue weighted by atomic mass is 16.3. The molecule has 2 aliphatic rings. The van der Waals surface area contributed by atoms with E-state index >= 15 is 0 Å². The van der Waals surface area contributed by atoms with Gasteiger partial charge in [0.1, 0.15) is 6.23 Å². The van der Waals surface area contributed by atoms with Gasteiger partial charge in [0.2, 0.25) is 11.8 Å². The maximum Gasteiger partial charge on any atom is 0.227 e. The molecular weight excluding hydrogens is 414 g/mol. The molecule has 6 nitrogen and oxygen atoms in total. The van der Waals surface area contributed by atoms with Gasteiger partial charge in [-0.3, -0.25) is 14.9 Å². The van der Waals surface area contributed by atoms with Gasteiger partial charge in [-0.1, -0.05) is 58.3 Å². The van der Waals surface area contributed by atoms with Gasteiger partial charge in [0.15, 0.2) is 0 Å². The van der Waals surface area contributed by atoms with Crippen molar-refractivity contribution in [2.75, 3.05) is 10.6 Å². The van der Waals surface area contributed by atoms with Gasteiger partial charge in [-0.05, 0) is 62.8 Å². The van der Waals surface area contributed by atoms with Gasteiger partial charge in [-0.15, -0.1) is 0 Å². The summed E-state index contributed by atoms with van der Waals surface area (Å²) >= 11 is 0. The number of nitrogens with one attached hydrogen (secondary N) is 3. The molecule has 1 aromatic rings. The minimum atomic E-state index is -0.867. The van der Waals surface area contributed by atoms with Gasteiger partial charge in [-0.25, -0.2) is 0 Å². The van der Waals surface area contributed by atoms with E-state index in [1.807, 2.05) is 18.2 Å². The molecule has 2 unspecified atom stereocenters. The largest absolute Gasteiger partial charge is 0.374 e. The summed E-state index contributed by atoms with van der Waals surface area (Å²) in [5, 5.41) is 20.2. The predicted octanol–water partition coefficient (Wildman–Crippen LogP) is 5.88. The number of carbonyl (C=O) groups is 2. The molecule has 4 N–H and O–H groups in total. The molecule has 0 spiro atoms. The summed E-state index contributed by atoms with van der Waals surface area (Å²) in [4.78, 5) is 25.7. The second-order valence-electron chi connectivity index (χ2n) is 10.1. The first-order valence-corrected chi connectivity index (χ1v) is 13.2. The number of aliphatic hydroxyl groups excluding tert-OH is 1. The van der Waals surface area contributed by atoms with Gasteiger partial charge in [-0.2, -0.15) is 0 Å². The molecule has 6 heteroatoms. The molecule has 3 rings (SSSR count). The third kappa shape index (κ3) is 8.11. The number of hydrogen-bond donors (Lipinski definition) is 4. The van der Waals surface area contributed by atoms with Crippen LogP contribution in [0.15, 0.2) is 18.2 Å². The van der Waals surface area contributed by atoms with Crippen molar-refractivity contribution in [3.8, 4) is 0 Å². The molecule has 1 aromatic carbocycles. The van der Waals surface area contributed by atoms with E-state index in [0.717, 1.165) is 70.6 Å². The molecule has 0 bridgehead atoms. The van der Waals surface area contributed by atoms with Crippen molar-refractivity contribution in [3.05, 3.63) is 23.8 Å². The first kappa shape index (κ1) is 25.7. The van der Waals surface area contributed by atoms with E-state index in [0.29, 0.717) is 16.9 Å². The lowest BCUT2D eigenvalue weighted by molar-refractivity contribution is -0.121. The van der Waals surface area contributed by atoms with Crippen molar-refractivity contribution in [2.45, 2.75) is 110 Å². The lowest BCUT2D eigenvalue weighted by Gasteiger charge is -2.24. The Kier molecular flexibility index (Phi) is 10.2. The van der Waals surface area contributed by atoms with E-state index in [-0.39, 0.29) is 29.7 Å². The molecule has 2 amide bonds. The fraction of sp³-hybridized carbons (Fsp3) is 0.704. The normalized spacial score (nSPS) is 19.6. The fourth-order valence-electron chi connectivity index (χ4n) is 5.13. The Balaban J connectivity index is 1.75. The van der Waals surface area contributed by atoms with Crippen LogP contribution in [0.25, 0.3) is 0 Å². The monoisotopic (exact) mass is 457 g/mol. The highest BCUT2D eigenvalue weighted by molar-refractivity contribution is 5.96. The van der Waals surface area contributed by atoms with Crippen LogP contribution in [0.2, 0.25) is 0 Å². The Morgan fingerprint density at radius 3 is 1.82 bits per heavy atom. The van der Waals surface area contributed by atoms with Gasteiger partial charge in [0.25, 0.3) is 0 Å². The van der Waals surface area contributed by atoms with Gasteiger partial charge in [0.05, 0.1) is 0 Å². The minimum Gasteiger partial charge on any atom is -0.374 e. The van der Waals surface area contributed by atoms with Crippen LogP contribution in [0.1, 0.15) is 109 Å². The topological polar surface area (TPSA) is 90.5 Å². The van der Waals surface area contributed by atoms with Crippen molar-refractivity contribution in [2.24, 2.45) is 11.8 Å². The number of aliphatic hydroxyl groups is 1.